The summed E-state index contributed by atoms with van der Waals surface area (Å²) in [6, 6.07) is 15.8. The van der Waals surface area contributed by atoms with Gasteiger partial charge in [-0.15, -0.1) is 0 Å². The molecule has 0 spiro atoms. The highest BCUT2D eigenvalue weighted by molar-refractivity contribution is 5.93. The molecule has 8 nitrogen and oxygen atoms in total. The molecule has 1 fully saturated rings. The molecular weight excluding hydrogens is 466 g/mol. The number of aryl methyl sites for hydroxylation is 2. The molecule has 1 aliphatic heterocycles. The molecule has 1 aromatic heterocycles. The maximum Gasteiger partial charge on any atom is 0.318 e. The molecule has 4 rings (SSSR count). The van der Waals surface area contributed by atoms with Crippen LogP contribution < -0.4 is 10.6 Å². The summed E-state index contributed by atoms with van der Waals surface area (Å²) in [6.45, 7) is 10.8. The second-order valence-corrected chi connectivity index (χ2v) is 10.8. The molecule has 2 heterocycles. The molecule has 0 radical (unpaired) electrons. The first-order valence-electron chi connectivity index (χ1n) is 12.8. The molecule has 8 heteroatoms. The van der Waals surface area contributed by atoms with E-state index in [9.17, 15) is 9.59 Å². The third kappa shape index (κ3) is 7.20. The molecule has 196 valence electrons. The number of imidazole rings is 1. The molecule has 37 heavy (non-hydrogen) atoms. The maximum atomic E-state index is 13.3. The van der Waals surface area contributed by atoms with Crippen LogP contribution in [0.5, 0.6) is 0 Å². The highest BCUT2D eigenvalue weighted by Crippen LogP contribution is 2.25. The first-order valence-corrected chi connectivity index (χ1v) is 12.8. The molecule has 2 N–H and O–H groups in total. The molecule has 2 aromatic carbocycles. The van der Waals surface area contributed by atoms with Gasteiger partial charge < -0.3 is 15.0 Å². The van der Waals surface area contributed by atoms with Crippen LogP contribution >= 0.6 is 0 Å². The minimum absolute atomic E-state index is 0.0683. The predicted octanol–water partition coefficient (Wildman–Crippen LogP) is 5.08. The molecule has 3 amide bonds. The first kappa shape index (κ1) is 26.4. The zero-order valence-corrected chi connectivity index (χ0v) is 22.4. The van der Waals surface area contributed by atoms with E-state index in [2.05, 4.69) is 10.6 Å². The van der Waals surface area contributed by atoms with Crippen LogP contribution in [0.1, 0.15) is 44.7 Å². The summed E-state index contributed by atoms with van der Waals surface area (Å²) in [6.07, 6.45) is 3.68. The van der Waals surface area contributed by atoms with Gasteiger partial charge in [-0.2, -0.15) is 0 Å². The lowest BCUT2D eigenvalue weighted by Crippen LogP contribution is -2.52. The monoisotopic (exact) mass is 503 g/mol. The normalized spacial score (nSPS) is 15.4. The lowest BCUT2D eigenvalue weighted by molar-refractivity contribution is -0.117. The predicted molar refractivity (Wildman–Crippen MR) is 146 cm³/mol. The molecule has 1 saturated heterocycles. The zero-order valence-electron chi connectivity index (χ0n) is 22.4. The van der Waals surface area contributed by atoms with Crippen LogP contribution in [0, 0.1) is 13.8 Å². The van der Waals surface area contributed by atoms with Crippen LogP contribution in [-0.4, -0.2) is 57.7 Å². The smallest absolute Gasteiger partial charge is 0.318 e. The Balaban J connectivity index is 1.58. The van der Waals surface area contributed by atoms with Gasteiger partial charge in [-0.05, 0) is 59.6 Å². The van der Waals surface area contributed by atoms with Crippen molar-refractivity contribution >= 4 is 17.9 Å². The molecule has 0 bridgehead atoms. The third-order valence-corrected chi connectivity index (χ3v) is 6.17. The van der Waals surface area contributed by atoms with Crippen molar-refractivity contribution in [2.24, 2.45) is 0 Å². The number of carbonyl (C=O) groups is 2. The van der Waals surface area contributed by atoms with Gasteiger partial charge in [0.05, 0.1) is 11.8 Å². The topological polar surface area (TPSA) is 88.5 Å². The average molecular weight is 504 g/mol. The number of rotatable bonds is 7. The summed E-state index contributed by atoms with van der Waals surface area (Å²) < 4.78 is 7.61. The fourth-order valence-electron chi connectivity index (χ4n) is 4.22. The van der Waals surface area contributed by atoms with E-state index in [1.807, 2.05) is 93.9 Å². The van der Waals surface area contributed by atoms with Gasteiger partial charge in [-0.3, -0.25) is 14.7 Å². The van der Waals surface area contributed by atoms with Crippen LogP contribution in [-0.2, 0) is 9.53 Å². The molecule has 0 unspecified atom stereocenters. The Bertz CT molecular complexity index is 1220. The second-order valence-electron chi connectivity index (χ2n) is 10.8. The Kier molecular flexibility index (Phi) is 7.97. The summed E-state index contributed by atoms with van der Waals surface area (Å²) in [4.78, 5) is 32.6. The Labute approximate surface area is 219 Å². The SMILES string of the molecule is Cc1ccc(-c2cn(-c3ccc(C)cc3)c(NC(=O)CN(C[C@H]3CCCO3)C(=O)NC(C)(C)C)n2)cc1. The van der Waals surface area contributed by atoms with Crippen molar-refractivity contribution in [3.05, 3.63) is 65.9 Å². The van der Waals surface area contributed by atoms with Crippen LogP contribution in [0.2, 0.25) is 0 Å². The third-order valence-electron chi connectivity index (χ3n) is 6.17. The number of amides is 3. The summed E-state index contributed by atoms with van der Waals surface area (Å²) in [5, 5.41) is 5.91. The van der Waals surface area contributed by atoms with Gasteiger partial charge in [-0.1, -0.05) is 47.5 Å². The second kappa shape index (κ2) is 11.2. The van der Waals surface area contributed by atoms with Gasteiger partial charge >= 0.3 is 6.03 Å². The van der Waals surface area contributed by atoms with Gasteiger partial charge in [0.15, 0.2) is 0 Å². The highest BCUT2D eigenvalue weighted by Gasteiger charge is 2.27. The minimum atomic E-state index is -0.424. The molecular formula is C29H37N5O3. The van der Waals surface area contributed by atoms with Crippen LogP contribution in [0.15, 0.2) is 54.7 Å². The number of urea groups is 1. The lowest BCUT2D eigenvalue weighted by Gasteiger charge is -2.29. The van der Waals surface area contributed by atoms with Crippen molar-refractivity contribution in [2.75, 3.05) is 25.0 Å². The van der Waals surface area contributed by atoms with Gasteiger partial charge in [0.25, 0.3) is 0 Å². The fraction of sp³-hybridized carbons (Fsp3) is 0.414. The van der Waals surface area contributed by atoms with E-state index in [-0.39, 0.29) is 24.6 Å². The van der Waals surface area contributed by atoms with Crippen LogP contribution in [0.4, 0.5) is 10.7 Å². The van der Waals surface area contributed by atoms with Gasteiger partial charge in [-0.25, -0.2) is 9.78 Å². The van der Waals surface area contributed by atoms with Gasteiger partial charge in [0.2, 0.25) is 11.9 Å². The van der Waals surface area contributed by atoms with Crippen molar-refractivity contribution in [3.8, 4) is 16.9 Å². The lowest BCUT2D eigenvalue weighted by atomic mass is 10.1. The van der Waals surface area contributed by atoms with Crippen molar-refractivity contribution in [1.29, 1.82) is 0 Å². The van der Waals surface area contributed by atoms with Gasteiger partial charge in [0.1, 0.15) is 6.54 Å². The van der Waals surface area contributed by atoms with Crippen LogP contribution in [0.3, 0.4) is 0 Å². The van der Waals surface area contributed by atoms with E-state index >= 15 is 0 Å². The Hall–Kier alpha value is -3.65. The number of carbonyl (C=O) groups excluding carboxylic acids is 2. The largest absolute Gasteiger partial charge is 0.376 e. The van der Waals surface area contributed by atoms with E-state index in [1.54, 1.807) is 0 Å². The van der Waals surface area contributed by atoms with Crippen LogP contribution in [0.25, 0.3) is 16.9 Å². The van der Waals surface area contributed by atoms with E-state index in [0.717, 1.165) is 40.9 Å². The number of nitrogens with one attached hydrogen (secondary N) is 2. The Morgan fingerprint density at radius 3 is 2.30 bits per heavy atom. The van der Waals surface area contributed by atoms with Crippen molar-refractivity contribution < 1.29 is 14.3 Å². The highest BCUT2D eigenvalue weighted by atomic mass is 16.5. The number of hydrogen-bond acceptors (Lipinski definition) is 4. The average Bonchev–Trinajstić information content (AvgIpc) is 3.49. The molecule has 3 aromatic rings. The van der Waals surface area contributed by atoms with Gasteiger partial charge in [0, 0.05) is 36.1 Å². The van der Waals surface area contributed by atoms with E-state index < -0.39 is 5.54 Å². The molecule has 1 atom stereocenters. The zero-order chi connectivity index (χ0) is 26.6. The van der Waals surface area contributed by atoms with Crippen molar-refractivity contribution in [3.63, 3.8) is 0 Å². The van der Waals surface area contributed by atoms with E-state index in [1.165, 1.54) is 4.90 Å². The summed E-state index contributed by atoms with van der Waals surface area (Å²) >= 11 is 0. The number of anilines is 1. The van der Waals surface area contributed by atoms with Crippen molar-refractivity contribution in [2.45, 2.75) is 59.1 Å². The fourth-order valence-corrected chi connectivity index (χ4v) is 4.22. The molecule has 1 aliphatic rings. The summed E-state index contributed by atoms with van der Waals surface area (Å²) in [5.41, 5.74) is 4.47. The molecule has 0 aliphatic carbocycles. The minimum Gasteiger partial charge on any atom is -0.376 e. The van der Waals surface area contributed by atoms with E-state index in [0.29, 0.717) is 19.1 Å². The summed E-state index contributed by atoms with van der Waals surface area (Å²) in [7, 11) is 0. The maximum absolute atomic E-state index is 13.3. The standard InChI is InChI=1S/C29H37N5O3/c1-20-8-12-22(13-9-20)25-18-34(23-14-10-21(2)11-15-23)27(30-25)31-26(35)19-33(17-24-7-6-16-37-24)28(36)32-29(3,4)5/h8-15,18,24H,6-7,16-17,19H2,1-5H3,(H,32,36)(H,30,31,35)/t24-/m1/s1. The number of ether oxygens (including phenoxy) is 1. The van der Waals surface area contributed by atoms with Crippen molar-refractivity contribution in [1.82, 2.24) is 19.8 Å². The quantitative estimate of drug-likeness (QED) is 0.470. The molecule has 0 saturated carbocycles. The van der Waals surface area contributed by atoms with E-state index in [4.69, 9.17) is 9.72 Å². The first-order chi connectivity index (χ1) is 17.6. The summed E-state index contributed by atoms with van der Waals surface area (Å²) in [5.74, 6) is 0.0780. The Morgan fingerprint density at radius 2 is 1.70 bits per heavy atom. The Morgan fingerprint density at radius 1 is 1.05 bits per heavy atom. The number of nitrogens with zero attached hydrogens (tertiary/aromatic N) is 3. The number of aromatic nitrogens is 2. The number of hydrogen-bond donors (Lipinski definition) is 2. The number of benzene rings is 2.